The summed E-state index contributed by atoms with van der Waals surface area (Å²) in [4.78, 5) is 25.5. The van der Waals surface area contributed by atoms with E-state index in [-0.39, 0.29) is 40.9 Å². The van der Waals surface area contributed by atoms with Gasteiger partial charge in [-0.25, -0.2) is 9.78 Å². The molecule has 0 saturated heterocycles. The van der Waals surface area contributed by atoms with Gasteiger partial charge in [-0.15, -0.1) is 6.58 Å². The van der Waals surface area contributed by atoms with Crippen molar-refractivity contribution < 1.29 is 19.0 Å². The Morgan fingerprint density at radius 3 is 2.54 bits per heavy atom. The van der Waals surface area contributed by atoms with Crippen molar-refractivity contribution in [3.05, 3.63) is 40.5 Å². The molecule has 2 N–H and O–H groups in total. The van der Waals surface area contributed by atoms with Crippen LogP contribution in [-0.4, -0.2) is 62.2 Å². The molecule has 1 fully saturated rings. The van der Waals surface area contributed by atoms with Crippen LogP contribution < -0.4 is 29.9 Å². The normalized spacial score (nSPS) is 18.8. The van der Waals surface area contributed by atoms with Crippen LogP contribution in [0.2, 0.25) is 10.0 Å². The fourth-order valence-corrected chi connectivity index (χ4v) is 5.51. The first kappa shape index (κ1) is 28.7. The number of hydrogen-bond acceptors (Lipinski definition) is 9. The summed E-state index contributed by atoms with van der Waals surface area (Å²) in [6.45, 7) is 4.41. The number of amides is 2. The number of ether oxygens (including phenoxy) is 3. The standard InChI is InChI=1S/C26H31Cl2N7O4/c1-4-11-39-15-31-17-7-5-6-8-18(17)32-25-30-13-16-14-35(26(36)34(10-9-29)24(16)33-25)23-21(27)19(37-2)12-20(38-3)22(23)28/h4,12-13,17-18,31H,1,5-8,10-11,14-15H2,2-3H3,(H,30,32,33). The van der Waals surface area contributed by atoms with E-state index in [9.17, 15) is 10.1 Å². The van der Waals surface area contributed by atoms with Crippen LogP contribution in [0.3, 0.4) is 0 Å². The SMILES string of the molecule is C=CCOCNC1CCCCC1Nc1ncc2c(n1)N(CC#N)C(=O)N(c1c(Cl)c(OC)cc(OC)c1Cl)C2. The highest BCUT2D eigenvalue weighted by Gasteiger charge is 2.37. The van der Waals surface area contributed by atoms with Gasteiger partial charge >= 0.3 is 6.03 Å². The van der Waals surface area contributed by atoms with E-state index in [4.69, 9.17) is 37.4 Å². The molecule has 2 aromatic rings. The molecule has 13 heteroatoms. The van der Waals surface area contributed by atoms with Crippen LogP contribution in [0.5, 0.6) is 11.5 Å². The molecule has 1 aliphatic heterocycles. The summed E-state index contributed by atoms with van der Waals surface area (Å²) >= 11 is 13.2. The van der Waals surface area contributed by atoms with E-state index in [2.05, 4.69) is 27.2 Å². The number of aromatic nitrogens is 2. The maximum atomic E-state index is 13.7. The molecule has 2 aliphatic rings. The van der Waals surface area contributed by atoms with Crippen molar-refractivity contribution in [2.24, 2.45) is 0 Å². The van der Waals surface area contributed by atoms with Gasteiger partial charge in [-0.05, 0) is 12.8 Å². The average Bonchev–Trinajstić information content (AvgIpc) is 2.94. The highest BCUT2D eigenvalue weighted by Crippen LogP contribution is 2.47. The summed E-state index contributed by atoms with van der Waals surface area (Å²) in [5.41, 5.74) is 0.839. The van der Waals surface area contributed by atoms with Crippen molar-refractivity contribution >= 4 is 46.7 Å². The Morgan fingerprint density at radius 1 is 1.21 bits per heavy atom. The maximum absolute atomic E-state index is 13.7. The lowest BCUT2D eigenvalue weighted by molar-refractivity contribution is 0.123. The molecule has 1 saturated carbocycles. The second kappa shape index (κ2) is 13.2. The quantitative estimate of drug-likeness (QED) is 0.169. The minimum absolute atomic E-state index is 0.0752. The number of nitrogens with zero attached hydrogens (tertiary/aromatic N) is 5. The highest BCUT2D eigenvalue weighted by atomic mass is 35.5. The summed E-state index contributed by atoms with van der Waals surface area (Å²) in [6.07, 6.45) is 7.46. The summed E-state index contributed by atoms with van der Waals surface area (Å²) in [6, 6.07) is 3.33. The van der Waals surface area contributed by atoms with Gasteiger partial charge < -0.3 is 19.5 Å². The second-order valence-electron chi connectivity index (χ2n) is 9.06. The summed E-state index contributed by atoms with van der Waals surface area (Å²) in [5.74, 6) is 1.31. The third-order valence-electron chi connectivity index (χ3n) is 6.70. The number of methoxy groups -OCH3 is 2. The van der Waals surface area contributed by atoms with E-state index >= 15 is 0 Å². The van der Waals surface area contributed by atoms with Crippen molar-refractivity contribution in [2.45, 2.75) is 44.3 Å². The average molecular weight is 576 g/mol. The predicted octanol–water partition coefficient (Wildman–Crippen LogP) is 4.74. The van der Waals surface area contributed by atoms with Gasteiger partial charge in [0.15, 0.2) is 0 Å². The first-order valence-corrected chi connectivity index (χ1v) is 13.3. The Hall–Kier alpha value is -3.30. The number of rotatable bonds is 11. The van der Waals surface area contributed by atoms with E-state index in [1.165, 1.54) is 24.0 Å². The number of carbonyl (C=O) groups is 1. The lowest BCUT2D eigenvalue weighted by atomic mass is 9.90. The molecule has 4 rings (SSSR count). The number of nitrogens with one attached hydrogen (secondary N) is 2. The number of nitriles is 1. The van der Waals surface area contributed by atoms with Crippen molar-refractivity contribution in [3.63, 3.8) is 0 Å². The smallest absolute Gasteiger partial charge is 0.331 e. The Morgan fingerprint density at radius 2 is 1.90 bits per heavy atom. The number of fused-ring (bicyclic) bond motifs is 1. The van der Waals surface area contributed by atoms with Gasteiger partial charge in [-0.1, -0.05) is 42.1 Å². The third kappa shape index (κ3) is 6.15. The molecule has 11 nitrogen and oxygen atoms in total. The van der Waals surface area contributed by atoms with E-state index in [0.717, 1.165) is 25.7 Å². The van der Waals surface area contributed by atoms with Gasteiger partial charge in [0.1, 0.15) is 33.9 Å². The van der Waals surface area contributed by atoms with E-state index < -0.39 is 6.03 Å². The highest BCUT2D eigenvalue weighted by molar-refractivity contribution is 6.42. The Kier molecular flexibility index (Phi) is 9.69. The fourth-order valence-electron chi connectivity index (χ4n) is 4.81. The molecular weight excluding hydrogens is 545 g/mol. The third-order valence-corrected chi connectivity index (χ3v) is 7.43. The van der Waals surface area contributed by atoms with Gasteiger partial charge in [0, 0.05) is 29.9 Å². The first-order valence-electron chi connectivity index (χ1n) is 12.5. The molecule has 1 aromatic heterocycles. The number of benzene rings is 1. The molecule has 1 aliphatic carbocycles. The molecule has 0 spiro atoms. The Bertz CT molecular complexity index is 1230. The number of hydrogen-bond donors (Lipinski definition) is 2. The van der Waals surface area contributed by atoms with Crippen molar-refractivity contribution in [2.75, 3.05) is 49.2 Å². The molecule has 0 bridgehead atoms. The monoisotopic (exact) mass is 575 g/mol. The maximum Gasteiger partial charge on any atom is 0.331 e. The topological polar surface area (TPSA) is 125 Å². The van der Waals surface area contributed by atoms with Crippen LogP contribution in [0.1, 0.15) is 31.2 Å². The van der Waals surface area contributed by atoms with Gasteiger partial charge in [0.25, 0.3) is 0 Å². The van der Waals surface area contributed by atoms with Crippen LogP contribution in [0.15, 0.2) is 24.9 Å². The second-order valence-corrected chi connectivity index (χ2v) is 9.82. The zero-order valence-corrected chi connectivity index (χ0v) is 23.4. The lowest BCUT2D eigenvalue weighted by Crippen LogP contribution is -2.49. The Balaban J connectivity index is 1.63. The van der Waals surface area contributed by atoms with Crippen LogP contribution >= 0.6 is 23.2 Å². The molecule has 1 aromatic carbocycles. The van der Waals surface area contributed by atoms with Gasteiger partial charge in [0.2, 0.25) is 5.95 Å². The zero-order valence-electron chi connectivity index (χ0n) is 21.9. The molecule has 2 atom stereocenters. The van der Waals surface area contributed by atoms with E-state index in [0.29, 0.717) is 42.2 Å². The van der Waals surface area contributed by atoms with E-state index in [1.807, 2.05) is 6.07 Å². The summed E-state index contributed by atoms with van der Waals surface area (Å²) in [5, 5.41) is 16.7. The molecule has 0 radical (unpaired) electrons. The first-order chi connectivity index (χ1) is 18.9. The zero-order chi connectivity index (χ0) is 27.9. The molecule has 208 valence electrons. The van der Waals surface area contributed by atoms with Crippen molar-refractivity contribution in [3.8, 4) is 17.6 Å². The molecule has 39 heavy (non-hydrogen) atoms. The molecular formula is C26H31Cl2N7O4. The van der Waals surface area contributed by atoms with Gasteiger partial charge in [0.05, 0.1) is 45.9 Å². The number of carbonyl (C=O) groups excluding carboxylic acids is 1. The van der Waals surface area contributed by atoms with Crippen molar-refractivity contribution in [1.29, 1.82) is 5.26 Å². The molecule has 2 heterocycles. The van der Waals surface area contributed by atoms with Gasteiger partial charge in [-0.3, -0.25) is 15.1 Å². The minimum Gasteiger partial charge on any atom is -0.495 e. The lowest BCUT2D eigenvalue weighted by Gasteiger charge is -2.36. The summed E-state index contributed by atoms with van der Waals surface area (Å²) < 4.78 is 16.2. The summed E-state index contributed by atoms with van der Waals surface area (Å²) in [7, 11) is 2.91. The van der Waals surface area contributed by atoms with Crippen LogP contribution in [-0.2, 0) is 11.3 Å². The number of halogens is 2. The number of anilines is 3. The fraction of sp³-hybridized carbons (Fsp3) is 0.462. The van der Waals surface area contributed by atoms with Crippen LogP contribution in [0.25, 0.3) is 0 Å². The van der Waals surface area contributed by atoms with E-state index in [1.54, 1.807) is 18.3 Å². The largest absolute Gasteiger partial charge is 0.495 e. The molecule has 2 unspecified atom stereocenters. The Labute approximate surface area is 237 Å². The predicted molar refractivity (Wildman–Crippen MR) is 150 cm³/mol. The van der Waals surface area contributed by atoms with Crippen LogP contribution in [0, 0.1) is 11.3 Å². The molecule has 2 amide bonds. The van der Waals surface area contributed by atoms with Crippen molar-refractivity contribution in [1.82, 2.24) is 15.3 Å². The van der Waals surface area contributed by atoms with Gasteiger partial charge in [-0.2, -0.15) is 10.2 Å². The number of urea groups is 1. The van der Waals surface area contributed by atoms with Crippen LogP contribution in [0.4, 0.5) is 22.2 Å². The minimum atomic E-state index is -0.510.